The Kier molecular flexibility index (Phi) is 6.30. The molecular weight excluding hydrogens is 326 g/mol. The van der Waals surface area contributed by atoms with Crippen molar-refractivity contribution in [3.8, 4) is 5.75 Å². The van der Waals surface area contributed by atoms with Crippen molar-refractivity contribution in [2.75, 3.05) is 13.7 Å². The van der Waals surface area contributed by atoms with Gasteiger partial charge in [-0.2, -0.15) is 0 Å². The van der Waals surface area contributed by atoms with Crippen molar-refractivity contribution in [3.63, 3.8) is 0 Å². The monoisotopic (exact) mass is 355 g/mol. The molecule has 0 fully saturated rings. The van der Waals surface area contributed by atoms with Crippen LogP contribution in [-0.2, 0) is 6.42 Å². The van der Waals surface area contributed by atoms with Gasteiger partial charge in [-0.05, 0) is 68.8 Å². The van der Waals surface area contributed by atoms with Crippen molar-refractivity contribution in [1.82, 2.24) is 5.32 Å². The van der Waals surface area contributed by atoms with Crippen LogP contribution in [0.3, 0.4) is 0 Å². The maximum Gasteiger partial charge on any atom is 0.122 e. The number of rotatable bonds is 5. The zero-order chi connectivity index (χ0) is 16.3. The molecule has 120 valence electrons. The minimum Gasteiger partial charge on any atom is -0.496 e. The number of halogens is 1. The van der Waals surface area contributed by atoms with Crippen molar-refractivity contribution in [1.29, 1.82) is 0 Å². The average molecular weight is 356 g/mol. The van der Waals surface area contributed by atoms with Gasteiger partial charge in [-0.25, -0.2) is 0 Å². The quantitative estimate of drug-likeness (QED) is 0.797. The lowest BCUT2D eigenvalue weighted by atomic mass is 9.76. The van der Waals surface area contributed by atoms with Gasteiger partial charge in [0.1, 0.15) is 5.75 Å². The summed E-state index contributed by atoms with van der Waals surface area (Å²) in [6.07, 6.45) is 1.01. The molecule has 1 aromatic rings. The summed E-state index contributed by atoms with van der Waals surface area (Å²) in [6.45, 7) is 14.6. The standard InChI is InChI=1S/C18H30BrNO/c1-17(2,3)14(12-20-18(4,5)6)10-13-11-15(19)8-9-16(13)21-7/h8-9,11,14,20H,10,12H2,1-7H3. The molecule has 0 aliphatic carbocycles. The molecule has 0 bridgehead atoms. The van der Waals surface area contributed by atoms with Gasteiger partial charge in [-0.15, -0.1) is 0 Å². The Morgan fingerprint density at radius 1 is 1.14 bits per heavy atom. The molecule has 21 heavy (non-hydrogen) atoms. The van der Waals surface area contributed by atoms with Crippen LogP contribution in [0.4, 0.5) is 0 Å². The molecule has 1 aromatic carbocycles. The SMILES string of the molecule is COc1ccc(Br)cc1CC(CNC(C)(C)C)C(C)(C)C. The number of hydrogen-bond acceptors (Lipinski definition) is 2. The third-order valence-electron chi connectivity index (χ3n) is 3.81. The maximum absolute atomic E-state index is 5.52. The first-order valence-electron chi connectivity index (χ1n) is 7.60. The molecule has 0 radical (unpaired) electrons. The van der Waals surface area contributed by atoms with Gasteiger partial charge < -0.3 is 10.1 Å². The summed E-state index contributed by atoms with van der Waals surface area (Å²) in [5.74, 6) is 1.52. The Balaban J connectivity index is 2.94. The summed E-state index contributed by atoms with van der Waals surface area (Å²) in [7, 11) is 1.74. The second-order valence-corrected chi connectivity index (χ2v) is 8.77. The van der Waals surface area contributed by atoms with Crippen LogP contribution in [0.5, 0.6) is 5.75 Å². The zero-order valence-electron chi connectivity index (χ0n) is 14.5. The number of hydrogen-bond donors (Lipinski definition) is 1. The maximum atomic E-state index is 5.52. The first-order chi connectivity index (χ1) is 9.53. The summed E-state index contributed by atoms with van der Waals surface area (Å²) >= 11 is 3.57. The van der Waals surface area contributed by atoms with Crippen LogP contribution >= 0.6 is 15.9 Å². The van der Waals surface area contributed by atoms with Gasteiger partial charge in [0, 0.05) is 10.0 Å². The average Bonchev–Trinajstić information content (AvgIpc) is 2.32. The Hall–Kier alpha value is -0.540. The molecule has 1 rings (SSSR count). The predicted molar refractivity (Wildman–Crippen MR) is 95.1 cm³/mol. The molecule has 0 spiro atoms. The summed E-state index contributed by atoms with van der Waals surface area (Å²) in [6, 6.07) is 6.24. The molecule has 0 heterocycles. The molecule has 1 N–H and O–H groups in total. The van der Waals surface area contributed by atoms with E-state index in [1.807, 2.05) is 12.1 Å². The largest absolute Gasteiger partial charge is 0.496 e. The van der Waals surface area contributed by atoms with Gasteiger partial charge in [-0.1, -0.05) is 36.7 Å². The fourth-order valence-corrected chi connectivity index (χ4v) is 2.69. The smallest absolute Gasteiger partial charge is 0.122 e. The van der Waals surface area contributed by atoms with Crippen LogP contribution in [0, 0.1) is 11.3 Å². The molecule has 2 nitrogen and oxygen atoms in total. The summed E-state index contributed by atoms with van der Waals surface area (Å²) in [4.78, 5) is 0. The van der Waals surface area contributed by atoms with Gasteiger partial charge in [0.15, 0.2) is 0 Å². The summed E-state index contributed by atoms with van der Waals surface area (Å²) in [5.41, 5.74) is 1.65. The Morgan fingerprint density at radius 2 is 1.76 bits per heavy atom. The Labute approximate surface area is 138 Å². The molecule has 3 heteroatoms. The van der Waals surface area contributed by atoms with Crippen LogP contribution in [0.25, 0.3) is 0 Å². The van der Waals surface area contributed by atoms with E-state index in [9.17, 15) is 0 Å². The highest BCUT2D eigenvalue weighted by atomic mass is 79.9. The van der Waals surface area contributed by atoms with Crippen LogP contribution in [0.2, 0.25) is 0 Å². The molecule has 0 aromatic heterocycles. The van der Waals surface area contributed by atoms with Crippen LogP contribution in [0.1, 0.15) is 47.1 Å². The highest BCUT2D eigenvalue weighted by Crippen LogP contribution is 2.33. The molecular formula is C18H30BrNO. The number of nitrogens with one attached hydrogen (secondary N) is 1. The molecule has 1 atom stereocenters. The van der Waals surface area contributed by atoms with Crippen molar-refractivity contribution in [2.24, 2.45) is 11.3 Å². The van der Waals surface area contributed by atoms with Crippen molar-refractivity contribution in [3.05, 3.63) is 28.2 Å². The van der Waals surface area contributed by atoms with E-state index in [-0.39, 0.29) is 11.0 Å². The van der Waals surface area contributed by atoms with Gasteiger partial charge in [0.2, 0.25) is 0 Å². The minimum absolute atomic E-state index is 0.144. The lowest BCUT2D eigenvalue weighted by Gasteiger charge is -2.34. The topological polar surface area (TPSA) is 21.3 Å². The highest BCUT2D eigenvalue weighted by molar-refractivity contribution is 9.10. The first kappa shape index (κ1) is 18.5. The van der Waals surface area contributed by atoms with Gasteiger partial charge in [-0.3, -0.25) is 0 Å². The third kappa shape index (κ3) is 6.39. The van der Waals surface area contributed by atoms with Crippen LogP contribution < -0.4 is 10.1 Å². The number of benzene rings is 1. The van der Waals surface area contributed by atoms with E-state index in [0.29, 0.717) is 5.92 Å². The molecule has 0 saturated carbocycles. The summed E-state index contributed by atoms with van der Waals surface area (Å²) in [5, 5.41) is 3.65. The van der Waals surface area contributed by atoms with Crippen LogP contribution in [0.15, 0.2) is 22.7 Å². The molecule has 0 aliphatic heterocycles. The van der Waals surface area contributed by atoms with Crippen molar-refractivity contribution >= 4 is 15.9 Å². The van der Waals surface area contributed by atoms with Gasteiger partial charge >= 0.3 is 0 Å². The second-order valence-electron chi connectivity index (χ2n) is 7.85. The highest BCUT2D eigenvalue weighted by Gasteiger charge is 2.27. The Bertz CT molecular complexity index is 457. The van der Waals surface area contributed by atoms with E-state index in [1.54, 1.807) is 7.11 Å². The van der Waals surface area contributed by atoms with Crippen molar-refractivity contribution < 1.29 is 4.74 Å². The fraction of sp³-hybridized carbons (Fsp3) is 0.667. The molecule has 0 saturated heterocycles. The van der Waals surface area contributed by atoms with E-state index in [2.05, 4.69) is 68.9 Å². The van der Waals surface area contributed by atoms with Crippen LogP contribution in [-0.4, -0.2) is 19.2 Å². The fourth-order valence-electron chi connectivity index (χ4n) is 2.29. The first-order valence-corrected chi connectivity index (χ1v) is 8.39. The minimum atomic E-state index is 0.144. The molecule has 1 unspecified atom stereocenters. The molecule has 0 aliphatic rings. The third-order valence-corrected chi connectivity index (χ3v) is 4.31. The van der Waals surface area contributed by atoms with Gasteiger partial charge in [0.05, 0.1) is 7.11 Å². The van der Waals surface area contributed by atoms with E-state index in [4.69, 9.17) is 4.74 Å². The van der Waals surface area contributed by atoms with E-state index < -0.39 is 0 Å². The zero-order valence-corrected chi connectivity index (χ0v) is 16.1. The number of ether oxygens (including phenoxy) is 1. The normalized spacial score (nSPS) is 14.1. The molecule has 0 amide bonds. The number of methoxy groups -OCH3 is 1. The predicted octanol–water partition coefficient (Wildman–Crippen LogP) is 5.05. The lowest BCUT2D eigenvalue weighted by Crippen LogP contribution is -2.42. The van der Waals surface area contributed by atoms with Crippen molar-refractivity contribution in [2.45, 2.75) is 53.5 Å². The van der Waals surface area contributed by atoms with E-state index >= 15 is 0 Å². The van der Waals surface area contributed by atoms with Gasteiger partial charge in [0.25, 0.3) is 0 Å². The van der Waals surface area contributed by atoms with E-state index in [0.717, 1.165) is 23.2 Å². The Morgan fingerprint density at radius 3 is 2.24 bits per heavy atom. The lowest BCUT2D eigenvalue weighted by molar-refractivity contribution is 0.212. The summed E-state index contributed by atoms with van der Waals surface area (Å²) < 4.78 is 6.62. The van der Waals surface area contributed by atoms with E-state index in [1.165, 1.54) is 5.56 Å². The second kappa shape index (κ2) is 7.15.